The van der Waals surface area contributed by atoms with E-state index in [0.29, 0.717) is 10.8 Å². The number of sulfone groups is 1. The van der Waals surface area contributed by atoms with Crippen LogP contribution >= 0.6 is 34.5 Å². The van der Waals surface area contributed by atoms with Gasteiger partial charge >= 0.3 is 0 Å². The number of hydrogen-bond acceptors (Lipinski definition) is 4. The largest absolute Gasteiger partial charge is 0.293 e. The van der Waals surface area contributed by atoms with Crippen LogP contribution in [-0.4, -0.2) is 25.7 Å². The van der Waals surface area contributed by atoms with Crippen LogP contribution in [0.2, 0.25) is 8.67 Å². The molecule has 0 amide bonds. The zero-order valence-corrected chi connectivity index (χ0v) is 13.1. The van der Waals surface area contributed by atoms with Crippen LogP contribution in [0.4, 0.5) is 0 Å². The monoisotopic (exact) mass is 328 g/mol. The Balaban J connectivity index is 2.67. The van der Waals surface area contributed by atoms with Crippen LogP contribution in [0.25, 0.3) is 0 Å². The fraction of sp³-hybridized carbons (Fsp3) is 0.545. The highest BCUT2D eigenvalue weighted by atomic mass is 35.5. The molecule has 3 nitrogen and oxygen atoms in total. The number of rotatable bonds is 7. The van der Waals surface area contributed by atoms with Crippen LogP contribution in [0.5, 0.6) is 0 Å². The number of ketones is 1. The standard InChI is InChI=1S/C11H14Cl2O3S2/c1-2-3-4-5-18(15,16)7-9(14)8-6-10(12)17-11(8)13/h6H,2-5,7H2,1H3. The van der Waals surface area contributed by atoms with Gasteiger partial charge in [0.05, 0.1) is 10.1 Å². The molecule has 0 spiro atoms. The first-order chi connectivity index (χ1) is 8.35. The van der Waals surface area contributed by atoms with Gasteiger partial charge in [-0.1, -0.05) is 43.0 Å². The van der Waals surface area contributed by atoms with Gasteiger partial charge in [-0.05, 0) is 12.5 Å². The van der Waals surface area contributed by atoms with Gasteiger partial charge < -0.3 is 0 Å². The maximum atomic E-state index is 11.8. The third-order valence-corrected chi connectivity index (χ3v) is 5.47. The van der Waals surface area contributed by atoms with Crippen molar-refractivity contribution in [2.24, 2.45) is 0 Å². The summed E-state index contributed by atoms with van der Waals surface area (Å²) >= 11 is 12.6. The van der Waals surface area contributed by atoms with Crippen molar-refractivity contribution in [1.82, 2.24) is 0 Å². The first kappa shape index (κ1) is 16.0. The Bertz CT molecular complexity index is 520. The lowest BCUT2D eigenvalue weighted by Crippen LogP contribution is -2.19. The van der Waals surface area contributed by atoms with Crippen LogP contribution in [0.1, 0.15) is 36.5 Å². The van der Waals surface area contributed by atoms with Crippen molar-refractivity contribution in [3.05, 3.63) is 20.3 Å². The van der Waals surface area contributed by atoms with E-state index in [0.717, 1.165) is 24.2 Å². The summed E-state index contributed by atoms with van der Waals surface area (Å²) in [6.45, 7) is 1.99. The third-order valence-electron chi connectivity index (χ3n) is 2.37. The van der Waals surface area contributed by atoms with Crippen molar-refractivity contribution in [2.45, 2.75) is 26.2 Å². The highest BCUT2D eigenvalue weighted by Crippen LogP contribution is 2.31. The van der Waals surface area contributed by atoms with Crippen LogP contribution in [0.15, 0.2) is 6.07 Å². The molecule has 1 heterocycles. The minimum atomic E-state index is -3.36. The van der Waals surface area contributed by atoms with E-state index in [-0.39, 0.29) is 15.7 Å². The lowest BCUT2D eigenvalue weighted by molar-refractivity contribution is 0.102. The summed E-state index contributed by atoms with van der Waals surface area (Å²) in [6.07, 6.45) is 2.37. The lowest BCUT2D eigenvalue weighted by atomic mass is 10.2. The normalized spacial score (nSPS) is 11.7. The summed E-state index contributed by atoms with van der Waals surface area (Å²) in [5.41, 5.74) is 0.200. The fourth-order valence-electron chi connectivity index (χ4n) is 1.45. The number of unbranched alkanes of at least 4 members (excludes halogenated alkanes) is 2. The molecule has 0 bridgehead atoms. The van der Waals surface area contributed by atoms with E-state index >= 15 is 0 Å². The third kappa shape index (κ3) is 4.88. The topological polar surface area (TPSA) is 51.2 Å². The van der Waals surface area contributed by atoms with Gasteiger partial charge in [0.25, 0.3) is 0 Å². The molecule has 7 heteroatoms. The van der Waals surface area contributed by atoms with Gasteiger partial charge in [0.1, 0.15) is 10.1 Å². The quantitative estimate of drug-likeness (QED) is 0.564. The van der Waals surface area contributed by atoms with E-state index in [9.17, 15) is 13.2 Å². The minimum Gasteiger partial charge on any atom is -0.293 e. The molecule has 18 heavy (non-hydrogen) atoms. The van der Waals surface area contributed by atoms with E-state index in [1.807, 2.05) is 6.92 Å². The second-order valence-electron chi connectivity index (χ2n) is 3.96. The van der Waals surface area contributed by atoms with E-state index < -0.39 is 21.4 Å². The average Bonchev–Trinajstić information content (AvgIpc) is 2.57. The average molecular weight is 329 g/mol. The van der Waals surface area contributed by atoms with Crippen LogP contribution in [0, 0.1) is 0 Å². The Hall–Kier alpha value is -0.100. The zero-order valence-electron chi connectivity index (χ0n) is 9.91. The maximum Gasteiger partial charge on any atom is 0.180 e. The van der Waals surface area contributed by atoms with Crippen molar-refractivity contribution < 1.29 is 13.2 Å². The van der Waals surface area contributed by atoms with Gasteiger partial charge in [-0.3, -0.25) is 4.79 Å². The molecule has 0 saturated heterocycles. The predicted octanol–water partition coefficient (Wildman–Crippen LogP) is 3.84. The number of Topliss-reactive ketones (excluding diaryl/α,β-unsaturated/α-hetero) is 1. The molecule has 0 aliphatic carbocycles. The van der Waals surface area contributed by atoms with Crippen molar-refractivity contribution in [3.8, 4) is 0 Å². The second-order valence-corrected chi connectivity index (χ2v) is 8.43. The predicted molar refractivity (Wildman–Crippen MR) is 76.8 cm³/mol. The first-order valence-corrected chi connectivity index (χ1v) is 8.93. The van der Waals surface area contributed by atoms with Gasteiger partial charge in [-0.2, -0.15) is 0 Å². The van der Waals surface area contributed by atoms with Crippen molar-refractivity contribution >= 4 is 50.2 Å². The molecule has 1 rings (SSSR count). The van der Waals surface area contributed by atoms with Crippen molar-refractivity contribution in [2.75, 3.05) is 11.5 Å². The van der Waals surface area contributed by atoms with E-state index in [4.69, 9.17) is 23.2 Å². The Morgan fingerprint density at radius 3 is 2.50 bits per heavy atom. The van der Waals surface area contributed by atoms with E-state index in [1.165, 1.54) is 6.07 Å². The van der Waals surface area contributed by atoms with Gasteiger partial charge in [0, 0.05) is 5.56 Å². The van der Waals surface area contributed by atoms with Gasteiger partial charge in [-0.15, -0.1) is 11.3 Å². The van der Waals surface area contributed by atoms with Gasteiger partial charge in [0.2, 0.25) is 0 Å². The maximum absolute atomic E-state index is 11.8. The SMILES string of the molecule is CCCCCS(=O)(=O)CC(=O)c1cc(Cl)sc1Cl. The summed E-state index contributed by atoms with van der Waals surface area (Å²) in [5.74, 6) is -0.939. The molecule has 0 N–H and O–H groups in total. The minimum absolute atomic E-state index is 0.0437. The summed E-state index contributed by atoms with van der Waals surface area (Å²) in [7, 11) is -3.36. The molecule has 0 unspecified atom stereocenters. The zero-order chi connectivity index (χ0) is 13.8. The molecule has 1 aromatic rings. The molecule has 102 valence electrons. The van der Waals surface area contributed by atoms with E-state index in [1.54, 1.807) is 0 Å². The second kappa shape index (κ2) is 6.89. The Labute approximate surface area is 121 Å². The van der Waals surface area contributed by atoms with Crippen LogP contribution in [-0.2, 0) is 9.84 Å². The molecule has 0 atom stereocenters. The summed E-state index contributed by atoms with van der Waals surface area (Å²) in [5, 5.41) is 0. The Morgan fingerprint density at radius 2 is 2.00 bits per heavy atom. The number of hydrogen-bond donors (Lipinski definition) is 0. The molecular formula is C11H14Cl2O3S2. The Morgan fingerprint density at radius 1 is 1.33 bits per heavy atom. The molecule has 0 aromatic carbocycles. The van der Waals surface area contributed by atoms with Gasteiger partial charge in [0.15, 0.2) is 15.6 Å². The number of thiophene rings is 1. The molecule has 0 radical (unpaired) electrons. The van der Waals surface area contributed by atoms with Crippen molar-refractivity contribution in [3.63, 3.8) is 0 Å². The smallest absolute Gasteiger partial charge is 0.180 e. The summed E-state index contributed by atoms with van der Waals surface area (Å²) < 4.78 is 24.1. The van der Waals surface area contributed by atoms with Gasteiger partial charge in [-0.25, -0.2) is 8.42 Å². The van der Waals surface area contributed by atoms with Crippen LogP contribution in [0.3, 0.4) is 0 Å². The molecule has 0 fully saturated rings. The lowest BCUT2D eigenvalue weighted by Gasteiger charge is -2.02. The molecular weight excluding hydrogens is 315 g/mol. The molecule has 0 aliphatic rings. The highest BCUT2D eigenvalue weighted by Gasteiger charge is 2.21. The summed E-state index contributed by atoms with van der Waals surface area (Å²) in [6, 6.07) is 1.42. The molecule has 0 aliphatic heterocycles. The highest BCUT2D eigenvalue weighted by molar-refractivity contribution is 7.92. The van der Waals surface area contributed by atoms with Crippen molar-refractivity contribution in [1.29, 1.82) is 0 Å². The number of halogens is 2. The molecule has 1 aromatic heterocycles. The first-order valence-electron chi connectivity index (χ1n) is 5.54. The number of carbonyl (C=O) groups is 1. The van der Waals surface area contributed by atoms with Crippen LogP contribution < -0.4 is 0 Å². The Kier molecular flexibility index (Phi) is 6.11. The number of carbonyl (C=O) groups excluding carboxylic acids is 1. The van der Waals surface area contributed by atoms with E-state index in [2.05, 4.69) is 0 Å². The fourth-order valence-corrected chi connectivity index (χ4v) is 4.29. The molecule has 0 saturated carbocycles. The summed E-state index contributed by atoms with van der Waals surface area (Å²) in [4.78, 5) is 11.8.